The van der Waals surface area contributed by atoms with Crippen LogP contribution < -0.4 is 10.2 Å². The van der Waals surface area contributed by atoms with E-state index in [9.17, 15) is 4.79 Å². The number of anilines is 2. The topological polar surface area (TPSA) is 58.1 Å². The Morgan fingerprint density at radius 3 is 2.41 bits per heavy atom. The van der Waals surface area contributed by atoms with E-state index in [0.717, 1.165) is 24.2 Å². The Hall–Kier alpha value is -3.21. The van der Waals surface area contributed by atoms with Gasteiger partial charge in [0.2, 0.25) is 5.91 Å². The van der Waals surface area contributed by atoms with Gasteiger partial charge in [-0.05, 0) is 48.7 Å². The Bertz CT molecular complexity index is 861. The van der Waals surface area contributed by atoms with Gasteiger partial charge in [0.05, 0.1) is 18.3 Å². The number of carbonyl (C=O) groups is 1. The molecule has 5 heteroatoms. The maximum absolute atomic E-state index is 12.2. The molecule has 3 aromatic rings. The second-order valence-corrected chi connectivity index (χ2v) is 6.64. The number of aryl methyl sites for hydroxylation is 1. The molecular formula is C22H24N4O. The van der Waals surface area contributed by atoms with Crippen LogP contribution in [0.15, 0.2) is 67.1 Å². The van der Waals surface area contributed by atoms with E-state index >= 15 is 0 Å². The van der Waals surface area contributed by atoms with Crippen molar-refractivity contribution in [1.29, 1.82) is 0 Å². The molecule has 2 aromatic heterocycles. The Kier molecular flexibility index (Phi) is 6.15. The van der Waals surface area contributed by atoms with Crippen molar-refractivity contribution in [3.8, 4) is 0 Å². The number of hydrogen-bond acceptors (Lipinski definition) is 4. The highest BCUT2D eigenvalue weighted by Crippen LogP contribution is 2.15. The molecule has 27 heavy (non-hydrogen) atoms. The number of carbonyl (C=O) groups excluding carboxylic acids is 1. The molecule has 138 valence electrons. The van der Waals surface area contributed by atoms with E-state index in [0.29, 0.717) is 12.2 Å². The van der Waals surface area contributed by atoms with E-state index in [2.05, 4.69) is 20.2 Å². The van der Waals surface area contributed by atoms with Gasteiger partial charge in [0.25, 0.3) is 0 Å². The van der Waals surface area contributed by atoms with Crippen LogP contribution in [0.2, 0.25) is 0 Å². The maximum Gasteiger partial charge on any atom is 0.229 e. The third-order valence-corrected chi connectivity index (χ3v) is 4.43. The molecule has 0 spiro atoms. The van der Waals surface area contributed by atoms with Crippen molar-refractivity contribution < 1.29 is 4.79 Å². The van der Waals surface area contributed by atoms with Crippen LogP contribution in [0.4, 0.5) is 11.5 Å². The Morgan fingerprint density at radius 1 is 1.00 bits per heavy atom. The number of nitrogens with zero attached hydrogens (tertiary/aromatic N) is 3. The predicted molar refractivity (Wildman–Crippen MR) is 109 cm³/mol. The fourth-order valence-electron chi connectivity index (χ4n) is 2.74. The van der Waals surface area contributed by atoms with Gasteiger partial charge < -0.3 is 10.2 Å². The molecule has 0 aliphatic carbocycles. The minimum Gasteiger partial charge on any atom is -0.373 e. The molecule has 5 nitrogen and oxygen atoms in total. The molecule has 0 aliphatic heterocycles. The highest BCUT2D eigenvalue weighted by molar-refractivity contribution is 5.91. The summed E-state index contributed by atoms with van der Waals surface area (Å²) in [6, 6.07) is 15.8. The van der Waals surface area contributed by atoms with Crippen LogP contribution >= 0.6 is 0 Å². The van der Waals surface area contributed by atoms with E-state index in [4.69, 9.17) is 0 Å². The van der Waals surface area contributed by atoms with Gasteiger partial charge in [-0.15, -0.1) is 0 Å². The van der Waals surface area contributed by atoms with Crippen LogP contribution in [0.5, 0.6) is 0 Å². The van der Waals surface area contributed by atoms with Crippen molar-refractivity contribution in [3.05, 3.63) is 83.8 Å². The van der Waals surface area contributed by atoms with E-state index < -0.39 is 0 Å². The zero-order chi connectivity index (χ0) is 19.1. The zero-order valence-corrected chi connectivity index (χ0v) is 15.7. The van der Waals surface area contributed by atoms with Gasteiger partial charge in [0, 0.05) is 26.0 Å². The van der Waals surface area contributed by atoms with Gasteiger partial charge in [-0.2, -0.15) is 0 Å². The summed E-state index contributed by atoms with van der Waals surface area (Å²) in [5.74, 6) is 0.503. The van der Waals surface area contributed by atoms with Crippen LogP contribution in [-0.2, 0) is 17.6 Å². The van der Waals surface area contributed by atoms with Crippen LogP contribution in [0, 0.1) is 6.92 Å². The van der Waals surface area contributed by atoms with Gasteiger partial charge in [0.15, 0.2) is 0 Å². The standard InChI is InChI=1S/C22H24N4O/c1-17-3-5-19(6-4-17)15-22(27)25-21-8-7-20(16-24-21)26(2)14-11-18-9-12-23-13-10-18/h3-10,12-13,16H,11,14-15H2,1-2H3,(H,24,25,27). The largest absolute Gasteiger partial charge is 0.373 e. The number of rotatable bonds is 7. The molecule has 0 radical (unpaired) electrons. The van der Waals surface area contributed by atoms with Crippen LogP contribution in [0.1, 0.15) is 16.7 Å². The number of amides is 1. The van der Waals surface area contributed by atoms with Gasteiger partial charge >= 0.3 is 0 Å². The van der Waals surface area contributed by atoms with Gasteiger partial charge in [0.1, 0.15) is 5.82 Å². The van der Waals surface area contributed by atoms with Crippen molar-refractivity contribution in [3.63, 3.8) is 0 Å². The first-order chi connectivity index (χ1) is 13.1. The van der Waals surface area contributed by atoms with Crippen LogP contribution in [0.25, 0.3) is 0 Å². The molecule has 1 amide bonds. The summed E-state index contributed by atoms with van der Waals surface area (Å²) in [5.41, 5.74) is 4.44. The molecule has 0 saturated carbocycles. The summed E-state index contributed by atoms with van der Waals surface area (Å²) >= 11 is 0. The van der Waals surface area contributed by atoms with Crippen molar-refractivity contribution >= 4 is 17.4 Å². The molecule has 2 heterocycles. The fraction of sp³-hybridized carbons (Fsp3) is 0.227. The molecule has 0 atom stereocenters. The summed E-state index contributed by atoms with van der Waals surface area (Å²) in [6.07, 6.45) is 6.69. The first-order valence-corrected chi connectivity index (χ1v) is 9.01. The molecule has 0 saturated heterocycles. The molecule has 0 aliphatic rings. The highest BCUT2D eigenvalue weighted by atomic mass is 16.1. The van der Waals surface area contributed by atoms with Crippen LogP contribution in [-0.4, -0.2) is 29.5 Å². The normalized spacial score (nSPS) is 10.4. The van der Waals surface area contributed by atoms with E-state index in [1.54, 1.807) is 6.20 Å². The second kappa shape index (κ2) is 8.94. The molecule has 0 unspecified atom stereocenters. The Balaban J connectivity index is 1.51. The SMILES string of the molecule is Cc1ccc(CC(=O)Nc2ccc(N(C)CCc3ccncc3)cn2)cc1. The van der Waals surface area contributed by atoms with Gasteiger partial charge in [-0.1, -0.05) is 29.8 Å². The molecule has 3 rings (SSSR count). The number of nitrogens with one attached hydrogen (secondary N) is 1. The lowest BCUT2D eigenvalue weighted by atomic mass is 10.1. The summed E-state index contributed by atoms with van der Waals surface area (Å²) in [6.45, 7) is 2.91. The van der Waals surface area contributed by atoms with Crippen molar-refractivity contribution in [2.75, 3.05) is 23.8 Å². The minimum absolute atomic E-state index is 0.0647. The summed E-state index contributed by atoms with van der Waals surface area (Å²) in [4.78, 5) is 22.7. The third kappa shape index (κ3) is 5.64. The number of benzene rings is 1. The predicted octanol–water partition coefficient (Wildman–Crippen LogP) is 3.65. The molecule has 0 bridgehead atoms. The minimum atomic E-state index is -0.0647. The monoisotopic (exact) mass is 360 g/mol. The van der Waals surface area contributed by atoms with Gasteiger partial charge in [-0.25, -0.2) is 4.98 Å². The maximum atomic E-state index is 12.2. The van der Waals surface area contributed by atoms with Crippen molar-refractivity contribution in [2.24, 2.45) is 0 Å². The van der Waals surface area contributed by atoms with Crippen molar-refractivity contribution in [1.82, 2.24) is 9.97 Å². The average molecular weight is 360 g/mol. The number of aromatic nitrogens is 2. The third-order valence-electron chi connectivity index (χ3n) is 4.43. The van der Waals surface area contributed by atoms with E-state index in [1.165, 1.54) is 11.1 Å². The lowest BCUT2D eigenvalue weighted by Crippen LogP contribution is -2.21. The van der Waals surface area contributed by atoms with E-state index in [-0.39, 0.29) is 5.91 Å². The summed E-state index contributed by atoms with van der Waals surface area (Å²) < 4.78 is 0. The second-order valence-electron chi connectivity index (χ2n) is 6.64. The molecule has 1 aromatic carbocycles. The average Bonchev–Trinajstić information content (AvgIpc) is 2.69. The van der Waals surface area contributed by atoms with Crippen LogP contribution in [0.3, 0.4) is 0 Å². The molecular weight excluding hydrogens is 336 g/mol. The first-order valence-electron chi connectivity index (χ1n) is 9.01. The fourth-order valence-corrected chi connectivity index (χ4v) is 2.74. The Labute approximate surface area is 160 Å². The number of hydrogen-bond donors (Lipinski definition) is 1. The molecule has 0 fully saturated rings. The zero-order valence-electron chi connectivity index (χ0n) is 15.7. The summed E-state index contributed by atoms with van der Waals surface area (Å²) in [7, 11) is 2.04. The Morgan fingerprint density at radius 2 is 1.74 bits per heavy atom. The number of pyridine rings is 2. The van der Waals surface area contributed by atoms with E-state index in [1.807, 2.05) is 74.9 Å². The highest BCUT2D eigenvalue weighted by Gasteiger charge is 2.07. The van der Waals surface area contributed by atoms with Crippen molar-refractivity contribution in [2.45, 2.75) is 19.8 Å². The lowest BCUT2D eigenvalue weighted by molar-refractivity contribution is -0.115. The lowest BCUT2D eigenvalue weighted by Gasteiger charge is -2.19. The van der Waals surface area contributed by atoms with Gasteiger partial charge in [-0.3, -0.25) is 9.78 Å². The smallest absolute Gasteiger partial charge is 0.229 e. The number of likely N-dealkylation sites (N-methyl/N-ethyl adjacent to an activating group) is 1. The first kappa shape index (κ1) is 18.6. The molecule has 1 N–H and O–H groups in total. The quantitative estimate of drug-likeness (QED) is 0.699. The summed E-state index contributed by atoms with van der Waals surface area (Å²) in [5, 5.41) is 2.85.